The highest BCUT2D eigenvalue weighted by atomic mass is 32.1. The number of carbonyl (C=O) groups is 1. The van der Waals surface area contributed by atoms with Gasteiger partial charge in [0.05, 0.1) is 5.69 Å². The molecule has 100 valence electrons. The Morgan fingerprint density at radius 2 is 2.21 bits per heavy atom. The fourth-order valence-corrected chi connectivity index (χ4v) is 2.49. The predicted molar refractivity (Wildman–Crippen MR) is 75.0 cm³/mol. The summed E-state index contributed by atoms with van der Waals surface area (Å²) in [5.41, 5.74) is 6.84. The molecule has 6 heteroatoms. The monoisotopic (exact) mass is 279 g/mol. The number of anilines is 2. The van der Waals surface area contributed by atoms with Gasteiger partial charge in [0.2, 0.25) is 0 Å². The Labute approximate surface area is 114 Å². The molecule has 1 aromatic heterocycles. The standard InChI is InChI=1S/C13H14FN3OS/c1-7(2)10-11(15)19-13(16-10)17-12(18)8-4-3-5-9(14)6-8/h3-7H,15H2,1-2H3,(H,16,17,18). The highest BCUT2D eigenvalue weighted by molar-refractivity contribution is 7.19. The molecule has 0 aliphatic heterocycles. The minimum Gasteiger partial charge on any atom is -0.389 e. The second-order valence-corrected chi connectivity index (χ2v) is 5.42. The molecule has 2 aromatic rings. The molecule has 1 heterocycles. The smallest absolute Gasteiger partial charge is 0.257 e. The molecule has 1 aromatic carbocycles. The molecule has 0 unspecified atom stereocenters. The van der Waals surface area contributed by atoms with E-state index in [1.165, 1.54) is 29.5 Å². The summed E-state index contributed by atoms with van der Waals surface area (Å²) < 4.78 is 13.0. The Kier molecular flexibility index (Phi) is 3.80. The average molecular weight is 279 g/mol. The fourth-order valence-electron chi connectivity index (χ4n) is 1.61. The summed E-state index contributed by atoms with van der Waals surface area (Å²) in [5, 5.41) is 3.64. The number of halogens is 1. The van der Waals surface area contributed by atoms with Gasteiger partial charge in [0.25, 0.3) is 5.91 Å². The second-order valence-electron chi connectivity index (χ2n) is 4.39. The Balaban J connectivity index is 2.17. The first-order valence-corrected chi connectivity index (χ1v) is 6.62. The van der Waals surface area contributed by atoms with Gasteiger partial charge in [0, 0.05) is 5.56 Å². The van der Waals surface area contributed by atoms with Crippen molar-refractivity contribution in [2.24, 2.45) is 0 Å². The van der Waals surface area contributed by atoms with E-state index in [1.54, 1.807) is 6.07 Å². The number of hydrogen-bond acceptors (Lipinski definition) is 4. The van der Waals surface area contributed by atoms with Crippen molar-refractivity contribution in [1.82, 2.24) is 4.98 Å². The number of hydrogen-bond donors (Lipinski definition) is 2. The van der Waals surface area contributed by atoms with E-state index in [-0.39, 0.29) is 11.5 Å². The van der Waals surface area contributed by atoms with E-state index in [1.807, 2.05) is 13.8 Å². The molecule has 0 saturated heterocycles. The van der Waals surface area contributed by atoms with E-state index in [0.29, 0.717) is 10.1 Å². The molecule has 0 fully saturated rings. The van der Waals surface area contributed by atoms with E-state index < -0.39 is 11.7 Å². The number of benzene rings is 1. The van der Waals surface area contributed by atoms with Gasteiger partial charge in [-0.15, -0.1) is 0 Å². The molecular formula is C13H14FN3OS. The van der Waals surface area contributed by atoms with Gasteiger partial charge in [-0.3, -0.25) is 10.1 Å². The van der Waals surface area contributed by atoms with Crippen molar-refractivity contribution in [1.29, 1.82) is 0 Å². The number of nitrogens with zero attached hydrogens (tertiary/aromatic N) is 1. The SMILES string of the molecule is CC(C)c1nc(NC(=O)c2cccc(F)c2)sc1N. The van der Waals surface area contributed by atoms with Gasteiger partial charge in [0.1, 0.15) is 10.8 Å². The second kappa shape index (κ2) is 5.36. The third-order valence-corrected chi connectivity index (χ3v) is 3.35. The van der Waals surface area contributed by atoms with Crippen LogP contribution in [-0.4, -0.2) is 10.9 Å². The highest BCUT2D eigenvalue weighted by Gasteiger charge is 2.14. The maximum atomic E-state index is 13.0. The summed E-state index contributed by atoms with van der Waals surface area (Å²) in [4.78, 5) is 16.2. The van der Waals surface area contributed by atoms with Crippen LogP contribution in [0.25, 0.3) is 0 Å². The normalized spacial score (nSPS) is 10.7. The zero-order chi connectivity index (χ0) is 14.0. The van der Waals surface area contributed by atoms with Gasteiger partial charge in [-0.25, -0.2) is 9.37 Å². The molecule has 0 bridgehead atoms. The van der Waals surface area contributed by atoms with E-state index in [2.05, 4.69) is 10.3 Å². The van der Waals surface area contributed by atoms with Crippen LogP contribution in [0.4, 0.5) is 14.5 Å². The van der Waals surface area contributed by atoms with Crippen LogP contribution >= 0.6 is 11.3 Å². The first kappa shape index (κ1) is 13.5. The van der Waals surface area contributed by atoms with Crippen molar-refractivity contribution in [2.45, 2.75) is 19.8 Å². The molecule has 3 N–H and O–H groups in total. The number of rotatable bonds is 3. The van der Waals surface area contributed by atoms with Crippen molar-refractivity contribution in [3.05, 3.63) is 41.3 Å². The maximum absolute atomic E-state index is 13.0. The number of carbonyl (C=O) groups excluding carboxylic acids is 1. The molecule has 0 spiro atoms. The predicted octanol–water partition coefficient (Wildman–Crippen LogP) is 3.24. The lowest BCUT2D eigenvalue weighted by molar-refractivity contribution is 0.102. The summed E-state index contributed by atoms with van der Waals surface area (Å²) in [6, 6.07) is 5.49. The zero-order valence-electron chi connectivity index (χ0n) is 10.6. The summed E-state index contributed by atoms with van der Waals surface area (Å²) in [6.45, 7) is 3.95. The number of thiazole rings is 1. The van der Waals surface area contributed by atoms with E-state index in [9.17, 15) is 9.18 Å². The fraction of sp³-hybridized carbons (Fsp3) is 0.231. The summed E-state index contributed by atoms with van der Waals surface area (Å²) in [7, 11) is 0. The number of amides is 1. The van der Waals surface area contributed by atoms with Crippen LogP contribution in [0.1, 0.15) is 35.8 Å². The van der Waals surface area contributed by atoms with Crippen LogP contribution in [0.3, 0.4) is 0 Å². The van der Waals surface area contributed by atoms with E-state index >= 15 is 0 Å². The zero-order valence-corrected chi connectivity index (χ0v) is 11.4. The Morgan fingerprint density at radius 1 is 1.47 bits per heavy atom. The topological polar surface area (TPSA) is 68.0 Å². The molecule has 1 amide bonds. The van der Waals surface area contributed by atoms with Gasteiger partial charge in [0.15, 0.2) is 5.13 Å². The summed E-state index contributed by atoms with van der Waals surface area (Å²) >= 11 is 1.21. The lowest BCUT2D eigenvalue weighted by atomic mass is 10.1. The molecule has 19 heavy (non-hydrogen) atoms. The van der Waals surface area contributed by atoms with E-state index in [4.69, 9.17) is 5.73 Å². The van der Waals surface area contributed by atoms with E-state index in [0.717, 1.165) is 5.69 Å². The first-order valence-electron chi connectivity index (χ1n) is 5.80. The molecule has 0 aliphatic rings. The van der Waals surface area contributed by atoms with Crippen LogP contribution in [0.5, 0.6) is 0 Å². The van der Waals surface area contributed by atoms with Crippen molar-refractivity contribution >= 4 is 27.4 Å². The quantitative estimate of drug-likeness (QED) is 0.906. The molecular weight excluding hydrogens is 265 g/mol. The lowest BCUT2D eigenvalue weighted by Crippen LogP contribution is -2.11. The van der Waals surface area contributed by atoms with Gasteiger partial charge < -0.3 is 5.73 Å². The lowest BCUT2D eigenvalue weighted by Gasteiger charge is -2.02. The van der Waals surface area contributed by atoms with Crippen LogP contribution in [0.15, 0.2) is 24.3 Å². The minimum atomic E-state index is -0.450. The molecule has 0 atom stereocenters. The van der Waals surface area contributed by atoms with Crippen LogP contribution in [0.2, 0.25) is 0 Å². The minimum absolute atomic E-state index is 0.191. The number of nitrogen functional groups attached to an aromatic ring is 1. The van der Waals surface area contributed by atoms with Crippen molar-refractivity contribution in [3.8, 4) is 0 Å². The molecule has 0 saturated carbocycles. The number of nitrogens with two attached hydrogens (primary N) is 1. The highest BCUT2D eigenvalue weighted by Crippen LogP contribution is 2.30. The van der Waals surface area contributed by atoms with Gasteiger partial charge in [-0.2, -0.15) is 0 Å². The van der Waals surface area contributed by atoms with Crippen LogP contribution in [-0.2, 0) is 0 Å². The van der Waals surface area contributed by atoms with Gasteiger partial charge in [-0.05, 0) is 24.1 Å². The third-order valence-electron chi connectivity index (χ3n) is 2.54. The molecule has 2 rings (SSSR count). The van der Waals surface area contributed by atoms with Gasteiger partial charge >= 0.3 is 0 Å². The van der Waals surface area contributed by atoms with Crippen LogP contribution < -0.4 is 11.1 Å². The van der Waals surface area contributed by atoms with Crippen molar-refractivity contribution in [3.63, 3.8) is 0 Å². The average Bonchev–Trinajstić information content (AvgIpc) is 2.70. The number of nitrogens with one attached hydrogen (secondary N) is 1. The first-order chi connectivity index (χ1) is 8.97. The Morgan fingerprint density at radius 3 is 2.79 bits per heavy atom. The Hall–Kier alpha value is -1.95. The summed E-state index contributed by atoms with van der Waals surface area (Å²) in [5.74, 6) is -0.659. The largest absolute Gasteiger partial charge is 0.389 e. The summed E-state index contributed by atoms with van der Waals surface area (Å²) in [6.07, 6.45) is 0. The van der Waals surface area contributed by atoms with Crippen LogP contribution in [0, 0.1) is 5.82 Å². The molecule has 0 radical (unpaired) electrons. The Bertz CT molecular complexity index is 610. The van der Waals surface area contributed by atoms with Crippen molar-refractivity contribution < 1.29 is 9.18 Å². The third kappa shape index (κ3) is 3.08. The van der Waals surface area contributed by atoms with Crippen molar-refractivity contribution in [2.75, 3.05) is 11.1 Å². The molecule has 4 nitrogen and oxygen atoms in total. The number of aromatic nitrogens is 1. The van der Waals surface area contributed by atoms with Gasteiger partial charge in [-0.1, -0.05) is 31.3 Å². The maximum Gasteiger partial charge on any atom is 0.257 e. The molecule has 0 aliphatic carbocycles.